The number of non-ortho nitro benzene ring substituents is 1. The minimum Gasteiger partial charge on any atom is -0.374 e. The maximum Gasteiger partial charge on any atom is 0.299 e. The molecule has 122 valence electrons. The molecule has 2 heterocycles. The van der Waals surface area contributed by atoms with Crippen LogP contribution in [0.25, 0.3) is 5.65 Å². The molecule has 0 atom stereocenters. The summed E-state index contributed by atoms with van der Waals surface area (Å²) >= 11 is 3.37. The summed E-state index contributed by atoms with van der Waals surface area (Å²) in [6.07, 6.45) is 3.64. The van der Waals surface area contributed by atoms with Gasteiger partial charge in [0.2, 0.25) is 0 Å². The van der Waals surface area contributed by atoms with Crippen molar-refractivity contribution in [3.8, 4) is 0 Å². The van der Waals surface area contributed by atoms with E-state index in [1.165, 1.54) is 12.1 Å². The Kier molecular flexibility index (Phi) is 4.13. The van der Waals surface area contributed by atoms with Crippen molar-refractivity contribution in [3.05, 3.63) is 73.1 Å². The number of nitro benzene ring substituents is 2. The Morgan fingerprint density at radius 2 is 1.92 bits per heavy atom. The molecule has 0 bridgehead atoms. The van der Waals surface area contributed by atoms with Crippen LogP contribution in [-0.2, 0) is 6.54 Å². The third-order valence-electron chi connectivity index (χ3n) is 3.31. The van der Waals surface area contributed by atoms with Gasteiger partial charge < -0.3 is 9.72 Å². The molecule has 2 aromatic heterocycles. The highest BCUT2D eigenvalue weighted by Gasteiger charge is 2.19. The molecule has 0 radical (unpaired) electrons. The first-order valence-corrected chi connectivity index (χ1v) is 7.53. The quantitative estimate of drug-likeness (QED) is 0.525. The van der Waals surface area contributed by atoms with Gasteiger partial charge in [-0.25, -0.2) is 4.98 Å². The van der Waals surface area contributed by atoms with E-state index in [9.17, 15) is 20.2 Å². The summed E-state index contributed by atoms with van der Waals surface area (Å²) in [6, 6.07) is 7.17. The van der Waals surface area contributed by atoms with E-state index >= 15 is 0 Å². The molecule has 0 amide bonds. The SMILES string of the molecule is O=[N+]([O-])c1ccc(NCc2cn3cc(Br)ccc3n2)c([N+](=O)[O-])c1. The van der Waals surface area contributed by atoms with Gasteiger partial charge in [0, 0.05) is 22.9 Å². The van der Waals surface area contributed by atoms with Crippen LogP contribution in [0.1, 0.15) is 5.69 Å². The number of halogens is 1. The van der Waals surface area contributed by atoms with Crippen LogP contribution in [0.15, 0.2) is 47.2 Å². The molecule has 9 nitrogen and oxygen atoms in total. The number of nitrogens with one attached hydrogen (secondary N) is 1. The normalized spacial score (nSPS) is 10.7. The minimum atomic E-state index is -0.670. The monoisotopic (exact) mass is 391 g/mol. The fourth-order valence-electron chi connectivity index (χ4n) is 2.22. The van der Waals surface area contributed by atoms with Gasteiger partial charge in [0.1, 0.15) is 11.3 Å². The third-order valence-corrected chi connectivity index (χ3v) is 3.78. The second-order valence-corrected chi connectivity index (χ2v) is 5.83. The molecule has 0 aliphatic rings. The first-order valence-electron chi connectivity index (χ1n) is 6.74. The largest absolute Gasteiger partial charge is 0.374 e. The molecular formula is C14H10BrN5O4. The van der Waals surface area contributed by atoms with Crippen LogP contribution in [0.2, 0.25) is 0 Å². The maximum absolute atomic E-state index is 11.1. The predicted molar refractivity (Wildman–Crippen MR) is 90.0 cm³/mol. The van der Waals surface area contributed by atoms with Crippen molar-refractivity contribution < 1.29 is 9.85 Å². The van der Waals surface area contributed by atoms with Crippen molar-refractivity contribution in [1.29, 1.82) is 0 Å². The summed E-state index contributed by atoms with van der Waals surface area (Å²) in [5.41, 5.74) is 0.943. The minimum absolute atomic E-state index is 0.198. The molecule has 3 rings (SSSR count). The Balaban J connectivity index is 1.84. The van der Waals surface area contributed by atoms with Crippen LogP contribution in [0.3, 0.4) is 0 Å². The molecule has 1 N–H and O–H groups in total. The highest BCUT2D eigenvalue weighted by atomic mass is 79.9. The first-order chi connectivity index (χ1) is 11.4. The number of pyridine rings is 1. The highest BCUT2D eigenvalue weighted by Crippen LogP contribution is 2.29. The van der Waals surface area contributed by atoms with E-state index in [2.05, 4.69) is 26.2 Å². The van der Waals surface area contributed by atoms with Gasteiger partial charge in [-0.3, -0.25) is 20.2 Å². The number of anilines is 1. The third kappa shape index (κ3) is 3.18. The predicted octanol–water partition coefficient (Wildman–Crippen LogP) is 3.53. The van der Waals surface area contributed by atoms with Gasteiger partial charge >= 0.3 is 0 Å². The molecule has 0 saturated carbocycles. The summed E-state index contributed by atoms with van der Waals surface area (Å²) in [7, 11) is 0. The zero-order valence-electron chi connectivity index (χ0n) is 12.0. The summed E-state index contributed by atoms with van der Waals surface area (Å²) < 4.78 is 2.73. The molecular weight excluding hydrogens is 382 g/mol. The van der Waals surface area contributed by atoms with Crippen LogP contribution in [-0.4, -0.2) is 19.2 Å². The summed E-state index contributed by atoms with van der Waals surface area (Å²) in [6.45, 7) is 0.248. The van der Waals surface area contributed by atoms with Gasteiger partial charge in [0.15, 0.2) is 0 Å². The number of rotatable bonds is 5. The Labute approximate surface area is 143 Å². The van der Waals surface area contributed by atoms with E-state index < -0.39 is 9.85 Å². The van der Waals surface area contributed by atoms with E-state index in [1.54, 1.807) is 6.20 Å². The van der Waals surface area contributed by atoms with Crippen LogP contribution < -0.4 is 5.32 Å². The summed E-state index contributed by atoms with van der Waals surface area (Å²) in [5.74, 6) is 0. The standard InChI is InChI=1S/C14H10BrN5O4/c15-9-1-4-14-17-10(8-18(14)7-9)6-16-12-3-2-11(19(21)22)5-13(12)20(23)24/h1-5,7-8,16H,6H2. The Hall–Kier alpha value is -3.01. The van der Waals surface area contributed by atoms with Gasteiger partial charge in [-0.15, -0.1) is 0 Å². The van der Waals surface area contributed by atoms with Crippen LogP contribution in [0.4, 0.5) is 17.1 Å². The molecule has 3 aromatic rings. The number of imidazole rings is 1. The van der Waals surface area contributed by atoms with E-state index in [1.807, 2.05) is 22.7 Å². The number of nitrogens with zero attached hydrogens (tertiary/aromatic N) is 4. The molecule has 0 aliphatic heterocycles. The van der Waals surface area contributed by atoms with Gasteiger partial charge in [-0.2, -0.15) is 0 Å². The fourth-order valence-corrected chi connectivity index (χ4v) is 2.58. The lowest BCUT2D eigenvalue weighted by molar-refractivity contribution is -0.393. The zero-order chi connectivity index (χ0) is 17.3. The molecule has 0 fully saturated rings. The lowest BCUT2D eigenvalue weighted by Gasteiger charge is -2.05. The zero-order valence-corrected chi connectivity index (χ0v) is 13.6. The van der Waals surface area contributed by atoms with E-state index in [0.29, 0.717) is 5.69 Å². The molecule has 0 spiro atoms. The van der Waals surface area contributed by atoms with Gasteiger partial charge in [0.05, 0.1) is 28.2 Å². The number of aromatic nitrogens is 2. The lowest BCUT2D eigenvalue weighted by Crippen LogP contribution is -2.03. The van der Waals surface area contributed by atoms with Crippen molar-refractivity contribution in [1.82, 2.24) is 9.38 Å². The fraction of sp³-hybridized carbons (Fsp3) is 0.0714. The Morgan fingerprint density at radius 3 is 2.62 bits per heavy atom. The van der Waals surface area contributed by atoms with Crippen molar-refractivity contribution >= 4 is 38.6 Å². The average molecular weight is 392 g/mol. The van der Waals surface area contributed by atoms with Crippen molar-refractivity contribution in [2.45, 2.75) is 6.54 Å². The van der Waals surface area contributed by atoms with E-state index in [0.717, 1.165) is 16.2 Å². The van der Waals surface area contributed by atoms with Crippen LogP contribution >= 0.6 is 15.9 Å². The molecule has 0 saturated heterocycles. The number of benzene rings is 1. The molecule has 1 aromatic carbocycles. The van der Waals surface area contributed by atoms with Crippen molar-refractivity contribution in [2.24, 2.45) is 0 Å². The van der Waals surface area contributed by atoms with Crippen LogP contribution in [0, 0.1) is 20.2 Å². The lowest BCUT2D eigenvalue weighted by atomic mass is 10.2. The smallest absolute Gasteiger partial charge is 0.299 e. The Bertz CT molecular complexity index is 955. The second kappa shape index (κ2) is 6.24. The Morgan fingerprint density at radius 1 is 1.12 bits per heavy atom. The summed E-state index contributed by atoms with van der Waals surface area (Å²) in [4.78, 5) is 24.9. The van der Waals surface area contributed by atoms with E-state index in [-0.39, 0.29) is 23.6 Å². The first kappa shape index (κ1) is 15.9. The molecule has 0 unspecified atom stereocenters. The highest BCUT2D eigenvalue weighted by molar-refractivity contribution is 9.10. The van der Waals surface area contributed by atoms with Crippen LogP contribution in [0.5, 0.6) is 0 Å². The number of hydrogen-bond acceptors (Lipinski definition) is 6. The summed E-state index contributed by atoms with van der Waals surface area (Å²) in [5, 5.41) is 24.7. The van der Waals surface area contributed by atoms with E-state index in [4.69, 9.17) is 0 Å². The average Bonchev–Trinajstić information content (AvgIpc) is 2.94. The number of nitro groups is 2. The van der Waals surface area contributed by atoms with Crippen molar-refractivity contribution in [3.63, 3.8) is 0 Å². The van der Waals surface area contributed by atoms with Gasteiger partial charge in [-0.1, -0.05) is 0 Å². The second-order valence-electron chi connectivity index (χ2n) is 4.91. The number of fused-ring (bicyclic) bond motifs is 1. The van der Waals surface area contributed by atoms with Crippen molar-refractivity contribution in [2.75, 3.05) is 5.32 Å². The molecule has 10 heteroatoms. The van der Waals surface area contributed by atoms with Gasteiger partial charge in [-0.05, 0) is 34.1 Å². The topological polar surface area (TPSA) is 116 Å². The molecule has 0 aliphatic carbocycles. The maximum atomic E-state index is 11.1. The number of hydrogen-bond donors (Lipinski definition) is 1. The molecule has 24 heavy (non-hydrogen) atoms. The van der Waals surface area contributed by atoms with Gasteiger partial charge in [0.25, 0.3) is 11.4 Å².